The molecule has 0 aliphatic rings. The molecule has 0 saturated carbocycles. The summed E-state index contributed by atoms with van der Waals surface area (Å²) in [6.07, 6.45) is 0. The third kappa shape index (κ3) is 5.70. The van der Waals surface area contributed by atoms with Crippen LogP contribution in [0, 0.1) is 0 Å². The smallest absolute Gasteiger partial charge is 0.227 e. The largest absolute Gasteiger partial charge is 0.436 e. The SMILES string of the molecule is c1ccc(-c2cc(-c3cc(-n4c(-c5ccccc5)nc5ccccc54)cc(-n4c(-c5ccccc5)nc5ccccc54)c3)c3nc(-c4ccccc4)oc3c2)cc1. The second-order valence-electron chi connectivity index (χ2n) is 14.1. The third-order valence-corrected chi connectivity index (χ3v) is 10.5. The van der Waals surface area contributed by atoms with Gasteiger partial charge in [-0.2, -0.15) is 0 Å². The Morgan fingerprint density at radius 3 is 1.33 bits per heavy atom. The Balaban J connectivity index is 1.25. The van der Waals surface area contributed by atoms with Crippen LogP contribution in [0.2, 0.25) is 0 Å². The summed E-state index contributed by atoms with van der Waals surface area (Å²) in [5, 5.41) is 0. The zero-order valence-corrected chi connectivity index (χ0v) is 30.7. The van der Waals surface area contributed by atoms with Crippen molar-refractivity contribution in [2.75, 3.05) is 0 Å². The molecule has 0 amide bonds. The Labute approximate surface area is 328 Å². The van der Waals surface area contributed by atoms with E-state index in [1.54, 1.807) is 0 Å². The first-order chi connectivity index (χ1) is 28.2. The van der Waals surface area contributed by atoms with Crippen molar-refractivity contribution in [3.8, 4) is 67.9 Å². The molecule has 0 fully saturated rings. The van der Waals surface area contributed by atoms with Crippen LogP contribution in [0.25, 0.3) is 101 Å². The third-order valence-electron chi connectivity index (χ3n) is 10.5. The molecule has 3 heterocycles. The number of oxazole rings is 1. The van der Waals surface area contributed by atoms with Crippen molar-refractivity contribution < 1.29 is 4.42 Å². The Kier molecular flexibility index (Phi) is 7.71. The molecule has 57 heavy (non-hydrogen) atoms. The van der Waals surface area contributed by atoms with E-state index in [4.69, 9.17) is 19.4 Å². The topological polar surface area (TPSA) is 61.7 Å². The van der Waals surface area contributed by atoms with E-state index in [2.05, 4.69) is 149 Å². The zero-order valence-electron chi connectivity index (χ0n) is 30.7. The number of nitrogens with zero attached hydrogens (tertiary/aromatic N) is 5. The fraction of sp³-hybridized carbons (Fsp3) is 0. The van der Waals surface area contributed by atoms with Crippen molar-refractivity contribution in [3.63, 3.8) is 0 Å². The minimum atomic E-state index is 0.576. The Hall–Kier alpha value is -7.83. The predicted molar refractivity (Wildman–Crippen MR) is 230 cm³/mol. The molecule has 6 nitrogen and oxygen atoms in total. The first kappa shape index (κ1) is 32.6. The summed E-state index contributed by atoms with van der Waals surface area (Å²) in [6, 6.07) is 69.1. The number of hydrogen-bond donors (Lipinski definition) is 0. The Morgan fingerprint density at radius 1 is 0.351 bits per heavy atom. The van der Waals surface area contributed by atoms with Crippen LogP contribution in [0.5, 0.6) is 0 Å². The van der Waals surface area contributed by atoms with Gasteiger partial charge in [0.2, 0.25) is 5.89 Å². The molecule has 11 aromatic rings. The lowest BCUT2D eigenvalue weighted by Crippen LogP contribution is -2.03. The van der Waals surface area contributed by atoms with Gasteiger partial charge in [0.05, 0.1) is 33.4 Å². The summed E-state index contributed by atoms with van der Waals surface area (Å²) in [7, 11) is 0. The van der Waals surface area contributed by atoms with Gasteiger partial charge in [0.15, 0.2) is 5.58 Å². The maximum Gasteiger partial charge on any atom is 0.227 e. The van der Waals surface area contributed by atoms with Crippen LogP contribution >= 0.6 is 0 Å². The molecular formula is C51H33N5O. The van der Waals surface area contributed by atoms with Crippen LogP contribution < -0.4 is 0 Å². The molecule has 0 saturated heterocycles. The summed E-state index contributed by atoms with van der Waals surface area (Å²) in [6.45, 7) is 0. The minimum absolute atomic E-state index is 0.576. The molecule has 6 heteroatoms. The molecule has 8 aromatic carbocycles. The zero-order chi connectivity index (χ0) is 37.7. The van der Waals surface area contributed by atoms with Crippen molar-refractivity contribution in [1.82, 2.24) is 24.1 Å². The highest BCUT2D eigenvalue weighted by Gasteiger charge is 2.22. The van der Waals surface area contributed by atoms with Crippen molar-refractivity contribution in [1.29, 1.82) is 0 Å². The normalized spacial score (nSPS) is 11.5. The molecule has 0 bridgehead atoms. The molecule has 0 aliphatic heterocycles. The molecular weight excluding hydrogens is 699 g/mol. The molecule has 0 radical (unpaired) electrons. The molecule has 268 valence electrons. The van der Waals surface area contributed by atoms with E-state index in [1.165, 1.54) is 0 Å². The number of aromatic nitrogens is 5. The van der Waals surface area contributed by atoms with E-state index in [9.17, 15) is 0 Å². The van der Waals surface area contributed by atoms with Crippen LogP contribution in [-0.2, 0) is 0 Å². The average molecular weight is 732 g/mol. The van der Waals surface area contributed by atoms with Crippen LogP contribution in [0.3, 0.4) is 0 Å². The highest BCUT2D eigenvalue weighted by molar-refractivity contribution is 5.97. The molecule has 0 N–H and O–H groups in total. The summed E-state index contributed by atoms with van der Waals surface area (Å²) in [5.74, 6) is 2.29. The van der Waals surface area contributed by atoms with Gasteiger partial charge in [-0.05, 0) is 83.4 Å². The van der Waals surface area contributed by atoms with E-state index in [0.29, 0.717) is 11.5 Å². The lowest BCUT2D eigenvalue weighted by Gasteiger charge is -2.17. The first-order valence-corrected chi connectivity index (χ1v) is 19.0. The average Bonchev–Trinajstić information content (AvgIpc) is 4.01. The standard InChI is InChI=1S/C51H33N5O/c1-5-17-34(18-6-1)38-31-42(48-47(32-38)57-51(54-48)37-23-11-4-12-24-37)39-29-40(55-45-27-15-13-25-43(45)52-49(55)35-19-7-2-8-20-35)33-41(30-39)56-46-28-16-14-26-44(46)53-50(56)36-21-9-3-10-22-36/h1-33H. The van der Waals surface area contributed by atoms with E-state index in [1.807, 2.05) is 60.7 Å². The number of hydrogen-bond acceptors (Lipinski definition) is 4. The quantitative estimate of drug-likeness (QED) is 0.164. The van der Waals surface area contributed by atoms with Crippen LogP contribution in [0.4, 0.5) is 0 Å². The maximum atomic E-state index is 6.61. The molecule has 11 rings (SSSR count). The lowest BCUT2D eigenvalue weighted by molar-refractivity contribution is 0.620. The van der Waals surface area contributed by atoms with Gasteiger partial charge in [-0.1, -0.05) is 133 Å². The number of para-hydroxylation sites is 4. The molecule has 0 spiro atoms. The van der Waals surface area contributed by atoms with Crippen LogP contribution in [0.15, 0.2) is 205 Å². The molecule has 0 atom stereocenters. The van der Waals surface area contributed by atoms with Crippen molar-refractivity contribution in [2.24, 2.45) is 0 Å². The highest BCUT2D eigenvalue weighted by atomic mass is 16.3. The Morgan fingerprint density at radius 2 is 0.807 bits per heavy atom. The fourth-order valence-corrected chi connectivity index (χ4v) is 7.90. The maximum absolute atomic E-state index is 6.61. The van der Waals surface area contributed by atoms with E-state index in [-0.39, 0.29) is 0 Å². The second-order valence-corrected chi connectivity index (χ2v) is 14.1. The molecule has 0 aliphatic carbocycles. The number of rotatable bonds is 7. The van der Waals surface area contributed by atoms with Gasteiger partial charge in [-0.25, -0.2) is 15.0 Å². The highest BCUT2D eigenvalue weighted by Crippen LogP contribution is 2.40. The lowest BCUT2D eigenvalue weighted by atomic mass is 9.96. The fourth-order valence-electron chi connectivity index (χ4n) is 7.90. The van der Waals surface area contributed by atoms with Gasteiger partial charge >= 0.3 is 0 Å². The van der Waals surface area contributed by atoms with Crippen molar-refractivity contribution >= 4 is 33.2 Å². The second kappa shape index (κ2) is 13.5. The molecule has 0 unspecified atom stereocenters. The van der Waals surface area contributed by atoms with Crippen molar-refractivity contribution in [2.45, 2.75) is 0 Å². The summed E-state index contributed by atoms with van der Waals surface area (Å²) >= 11 is 0. The van der Waals surface area contributed by atoms with Gasteiger partial charge in [-0.15, -0.1) is 0 Å². The van der Waals surface area contributed by atoms with E-state index >= 15 is 0 Å². The summed E-state index contributed by atoms with van der Waals surface area (Å²) < 4.78 is 11.2. The molecule has 3 aromatic heterocycles. The summed E-state index contributed by atoms with van der Waals surface area (Å²) in [5.41, 5.74) is 14.3. The van der Waals surface area contributed by atoms with Crippen molar-refractivity contribution in [3.05, 3.63) is 200 Å². The first-order valence-electron chi connectivity index (χ1n) is 19.0. The monoisotopic (exact) mass is 731 g/mol. The van der Waals surface area contributed by atoms with Gasteiger partial charge in [0.25, 0.3) is 0 Å². The van der Waals surface area contributed by atoms with Gasteiger partial charge in [0.1, 0.15) is 17.2 Å². The van der Waals surface area contributed by atoms with E-state index < -0.39 is 0 Å². The predicted octanol–water partition coefficient (Wildman–Crippen LogP) is 12.8. The summed E-state index contributed by atoms with van der Waals surface area (Å²) in [4.78, 5) is 15.7. The number of benzene rings is 8. The Bertz CT molecular complexity index is 3080. The number of imidazole rings is 2. The van der Waals surface area contributed by atoms with Gasteiger partial charge in [-0.3, -0.25) is 9.13 Å². The minimum Gasteiger partial charge on any atom is -0.436 e. The van der Waals surface area contributed by atoms with E-state index in [0.717, 1.165) is 89.6 Å². The van der Waals surface area contributed by atoms with Gasteiger partial charge in [0, 0.05) is 22.3 Å². The number of fused-ring (bicyclic) bond motifs is 3. The van der Waals surface area contributed by atoms with Crippen LogP contribution in [0.1, 0.15) is 0 Å². The van der Waals surface area contributed by atoms with Crippen LogP contribution in [-0.4, -0.2) is 24.1 Å². The van der Waals surface area contributed by atoms with Gasteiger partial charge < -0.3 is 4.42 Å².